The maximum absolute atomic E-state index is 10.3. The van der Waals surface area contributed by atoms with E-state index in [4.69, 9.17) is 14.2 Å². The smallest absolute Gasteiger partial charge is 0.161 e. The molecule has 2 aliphatic heterocycles. The van der Waals surface area contributed by atoms with E-state index < -0.39 is 6.10 Å². The van der Waals surface area contributed by atoms with Crippen molar-refractivity contribution in [2.24, 2.45) is 0 Å². The van der Waals surface area contributed by atoms with Gasteiger partial charge in [0.2, 0.25) is 0 Å². The van der Waals surface area contributed by atoms with Gasteiger partial charge in [0, 0.05) is 12.0 Å². The van der Waals surface area contributed by atoms with Crippen molar-refractivity contribution in [3.63, 3.8) is 0 Å². The van der Waals surface area contributed by atoms with Crippen LogP contribution in [0.1, 0.15) is 11.1 Å². The molecule has 2 aromatic carbocycles. The van der Waals surface area contributed by atoms with E-state index >= 15 is 0 Å². The molecule has 0 amide bonds. The second-order valence-corrected chi connectivity index (χ2v) is 7.09. The average molecular weight is 356 g/mol. The Morgan fingerprint density at radius 1 is 1.08 bits per heavy atom. The molecule has 0 radical (unpaired) electrons. The molecule has 2 N–H and O–H groups in total. The van der Waals surface area contributed by atoms with E-state index in [-0.39, 0.29) is 6.10 Å². The average Bonchev–Trinajstić information content (AvgIpc) is 2.68. The number of aliphatic hydroxyl groups excluding tert-OH is 1. The van der Waals surface area contributed by atoms with Gasteiger partial charge < -0.3 is 24.2 Å². The number of fused-ring (bicyclic) bond motifs is 2. The van der Waals surface area contributed by atoms with Crippen molar-refractivity contribution >= 4 is 0 Å². The number of benzene rings is 2. The van der Waals surface area contributed by atoms with Crippen LogP contribution >= 0.6 is 0 Å². The molecule has 5 heteroatoms. The van der Waals surface area contributed by atoms with Gasteiger partial charge in [-0.1, -0.05) is 36.4 Å². The Balaban J connectivity index is 1.19. The Morgan fingerprint density at radius 3 is 2.73 bits per heavy atom. The van der Waals surface area contributed by atoms with Gasteiger partial charge in [0.1, 0.15) is 25.8 Å². The van der Waals surface area contributed by atoms with Gasteiger partial charge in [-0.3, -0.25) is 0 Å². The summed E-state index contributed by atoms with van der Waals surface area (Å²) >= 11 is 0. The zero-order valence-corrected chi connectivity index (χ0v) is 14.9. The fourth-order valence-electron chi connectivity index (χ4n) is 3.69. The van der Waals surface area contributed by atoms with Crippen LogP contribution in [-0.2, 0) is 17.7 Å². The van der Waals surface area contributed by atoms with Crippen molar-refractivity contribution in [1.29, 1.82) is 0 Å². The first-order valence-corrected chi connectivity index (χ1v) is 9.32. The monoisotopic (exact) mass is 356 g/mol. The molecule has 3 atom stereocenters. The van der Waals surface area contributed by atoms with Crippen LogP contribution < -0.4 is 14.4 Å². The quantitative estimate of drug-likeness (QED) is 0.806. The van der Waals surface area contributed by atoms with Gasteiger partial charge in [0.25, 0.3) is 0 Å². The molecule has 2 heterocycles. The molecule has 0 aliphatic carbocycles. The fourth-order valence-corrected chi connectivity index (χ4v) is 3.69. The van der Waals surface area contributed by atoms with E-state index in [0.717, 1.165) is 31.0 Å². The number of aliphatic hydroxyl groups is 1. The van der Waals surface area contributed by atoms with E-state index in [0.29, 0.717) is 26.4 Å². The third kappa shape index (κ3) is 4.18. The summed E-state index contributed by atoms with van der Waals surface area (Å²) < 4.78 is 17.2. The highest BCUT2D eigenvalue weighted by atomic mass is 16.6. The van der Waals surface area contributed by atoms with E-state index in [1.165, 1.54) is 16.0 Å². The summed E-state index contributed by atoms with van der Waals surface area (Å²) in [6.45, 7) is 3.96. The predicted molar refractivity (Wildman–Crippen MR) is 97.7 cm³/mol. The normalized spacial score (nSPS) is 22.5. The molecular formula is C21H26NO4+. The van der Waals surface area contributed by atoms with Gasteiger partial charge in [0.05, 0.1) is 19.8 Å². The van der Waals surface area contributed by atoms with Gasteiger partial charge in [-0.25, -0.2) is 0 Å². The second kappa shape index (κ2) is 8.08. The van der Waals surface area contributed by atoms with Crippen molar-refractivity contribution in [2.45, 2.75) is 25.2 Å². The zero-order chi connectivity index (χ0) is 17.8. The molecular weight excluding hydrogens is 330 g/mol. The van der Waals surface area contributed by atoms with Crippen LogP contribution in [0.2, 0.25) is 0 Å². The first kappa shape index (κ1) is 17.3. The van der Waals surface area contributed by atoms with Crippen molar-refractivity contribution in [3.05, 3.63) is 59.7 Å². The van der Waals surface area contributed by atoms with E-state index in [1.54, 1.807) is 0 Å². The van der Waals surface area contributed by atoms with Crippen LogP contribution in [0.4, 0.5) is 0 Å². The van der Waals surface area contributed by atoms with Gasteiger partial charge in [-0.15, -0.1) is 0 Å². The molecule has 2 aromatic rings. The highest BCUT2D eigenvalue weighted by Gasteiger charge is 2.23. The highest BCUT2D eigenvalue weighted by molar-refractivity contribution is 5.40. The van der Waals surface area contributed by atoms with Crippen LogP contribution in [0.5, 0.6) is 11.5 Å². The summed E-state index contributed by atoms with van der Waals surface area (Å²) in [4.78, 5) is 1.41. The van der Waals surface area contributed by atoms with Crippen molar-refractivity contribution < 1.29 is 24.2 Å². The molecule has 4 rings (SSSR count). The minimum absolute atomic E-state index is 0.133. The summed E-state index contributed by atoms with van der Waals surface area (Å²) in [5.74, 6) is 1.53. The van der Waals surface area contributed by atoms with Crippen molar-refractivity contribution in [2.75, 3.05) is 32.9 Å². The third-order valence-corrected chi connectivity index (χ3v) is 5.01. The molecule has 26 heavy (non-hydrogen) atoms. The molecule has 0 aromatic heterocycles. The van der Waals surface area contributed by atoms with E-state index in [1.807, 2.05) is 24.3 Å². The van der Waals surface area contributed by atoms with Crippen LogP contribution in [0.3, 0.4) is 0 Å². The minimum Gasteiger partial charge on any atom is -0.486 e. The molecule has 5 nitrogen and oxygen atoms in total. The number of quaternary nitrogens is 1. The zero-order valence-electron chi connectivity index (χ0n) is 14.9. The Bertz CT molecular complexity index is 735. The summed E-state index contributed by atoms with van der Waals surface area (Å²) in [6.07, 6.45) is 0.476. The summed E-state index contributed by atoms with van der Waals surface area (Å²) in [6, 6.07) is 16.2. The molecule has 138 valence electrons. The number of hydrogen-bond acceptors (Lipinski definition) is 4. The summed E-state index contributed by atoms with van der Waals surface area (Å²) in [5, 5.41) is 10.3. The lowest BCUT2D eigenvalue weighted by Crippen LogP contribution is -3.13. The Hall–Kier alpha value is -2.08. The molecule has 0 fully saturated rings. The van der Waals surface area contributed by atoms with Gasteiger partial charge in [0.15, 0.2) is 17.6 Å². The van der Waals surface area contributed by atoms with Gasteiger partial charge >= 0.3 is 0 Å². The Labute approximate surface area is 154 Å². The summed E-state index contributed by atoms with van der Waals surface area (Å²) in [5.41, 5.74) is 2.84. The molecule has 0 spiro atoms. The second-order valence-electron chi connectivity index (χ2n) is 7.09. The van der Waals surface area contributed by atoms with Crippen LogP contribution in [0.15, 0.2) is 48.5 Å². The largest absolute Gasteiger partial charge is 0.486 e. The lowest BCUT2D eigenvalue weighted by Gasteiger charge is -2.28. The molecule has 0 saturated heterocycles. The van der Waals surface area contributed by atoms with Crippen LogP contribution in [-0.4, -0.2) is 50.2 Å². The van der Waals surface area contributed by atoms with Crippen molar-refractivity contribution in [3.8, 4) is 11.5 Å². The number of ether oxygens (including phenoxy) is 3. The predicted octanol–water partition coefficient (Wildman–Crippen LogP) is 0.845. The maximum atomic E-state index is 10.3. The third-order valence-electron chi connectivity index (χ3n) is 5.01. The number of para-hydroxylation sites is 2. The minimum atomic E-state index is -0.466. The number of hydrogen-bond donors (Lipinski definition) is 2. The first-order chi connectivity index (χ1) is 12.8. The van der Waals surface area contributed by atoms with Gasteiger partial charge in [-0.2, -0.15) is 0 Å². The van der Waals surface area contributed by atoms with Crippen LogP contribution in [0, 0.1) is 0 Å². The van der Waals surface area contributed by atoms with Crippen molar-refractivity contribution in [1.82, 2.24) is 0 Å². The topological polar surface area (TPSA) is 52.4 Å². The first-order valence-electron chi connectivity index (χ1n) is 9.32. The Kier molecular flexibility index (Phi) is 5.39. The van der Waals surface area contributed by atoms with E-state index in [2.05, 4.69) is 24.3 Å². The van der Waals surface area contributed by atoms with E-state index in [9.17, 15) is 5.11 Å². The molecule has 0 saturated carbocycles. The molecule has 2 aliphatic rings. The molecule has 0 bridgehead atoms. The van der Waals surface area contributed by atoms with Gasteiger partial charge in [-0.05, 0) is 17.7 Å². The lowest BCUT2D eigenvalue weighted by atomic mass is 10.00. The lowest BCUT2D eigenvalue weighted by molar-refractivity contribution is -0.919. The molecule has 1 unspecified atom stereocenters. The summed E-state index contributed by atoms with van der Waals surface area (Å²) in [7, 11) is 0. The standard InChI is InChI=1S/C21H25NO4/c23-18(12-22-10-9-16-5-1-2-6-17(16)11-22)13-24-14-19-15-25-20-7-3-4-8-21(20)26-19/h1-8,18-19,23H,9-15H2/p+1/t18-,19+/m0/s1. The fraction of sp³-hybridized carbons (Fsp3) is 0.429. The van der Waals surface area contributed by atoms with Crippen LogP contribution in [0.25, 0.3) is 0 Å². The highest BCUT2D eigenvalue weighted by Crippen LogP contribution is 2.30. The maximum Gasteiger partial charge on any atom is 0.161 e. The SMILES string of the molecule is O[C@H](COC[C@@H]1COc2ccccc2O1)C[NH+]1CCc2ccccc2C1. The number of rotatable bonds is 6. The Morgan fingerprint density at radius 2 is 1.85 bits per heavy atom. The number of nitrogens with one attached hydrogen (secondary N) is 1.